The minimum atomic E-state index is 0.500. The smallest absolute Gasteiger partial charge is 0.0737 e. The van der Waals surface area contributed by atoms with E-state index in [2.05, 4.69) is 15.2 Å². The van der Waals surface area contributed by atoms with E-state index in [1.54, 1.807) is 0 Å². The second-order valence-corrected chi connectivity index (χ2v) is 6.59. The van der Waals surface area contributed by atoms with Gasteiger partial charge in [0.05, 0.1) is 18.7 Å². The summed E-state index contributed by atoms with van der Waals surface area (Å²) >= 11 is 6.01. The van der Waals surface area contributed by atoms with Gasteiger partial charge < -0.3 is 15.0 Å². The predicted octanol–water partition coefficient (Wildman–Crippen LogP) is 2.63. The molecule has 2 aromatic rings. The number of nitrogens with zero attached hydrogens (tertiary/aromatic N) is 2. The first-order chi connectivity index (χ1) is 10.2. The summed E-state index contributed by atoms with van der Waals surface area (Å²) in [5.74, 6) is 0. The van der Waals surface area contributed by atoms with Crippen molar-refractivity contribution in [2.75, 3.05) is 44.7 Å². The summed E-state index contributed by atoms with van der Waals surface area (Å²) in [5, 5.41) is 5.36. The monoisotopic (exact) mass is 303 g/mol. The Kier molecular flexibility index (Phi) is 3.25. The van der Waals surface area contributed by atoms with E-state index in [1.165, 1.54) is 13.1 Å². The van der Waals surface area contributed by atoms with Crippen molar-refractivity contribution in [2.45, 2.75) is 0 Å². The summed E-state index contributed by atoms with van der Waals surface area (Å²) in [6.45, 7) is 6.28. The Morgan fingerprint density at radius 1 is 1.29 bits per heavy atom. The summed E-state index contributed by atoms with van der Waals surface area (Å²) in [4.78, 5) is 6.84. The van der Waals surface area contributed by atoms with Gasteiger partial charge in [-0.3, -0.25) is 4.98 Å². The van der Waals surface area contributed by atoms with E-state index >= 15 is 0 Å². The van der Waals surface area contributed by atoms with Crippen molar-refractivity contribution in [3.8, 4) is 0 Å². The molecule has 2 aliphatic rings. The van der Waals surface area contributed by atoms with E-state index in [0.717, 1.165) is 47.9 Å². The van der Waals surface area contributed by atoms with E-state index < -0.39 is 0 Å². The third-order valence-electron chi connectivity index (χ3n) is 4.38. The lowest BCUT2D eigenvalue weighted by atomic mass is 9.78. The normalized spacial score (nSPS) is 20.2. The Bertz CT molecular complexity index is 664. The van der Waals surface area contributed by atoms with Gasteiger partial charge in [-0.25, -0.2) is 0 Å². The molecule has 3 heterocycles. The average Bonchev–Trinajstić information content (AvgIpc) is 2.39. The largest absolute Gasteiger partial charge is 0.383 e. The summed E-state index contributed by atoms with van der Waals surface area (Å²) in [6.07, 6.45) is 1.82. The van der Waals surface area contributed by atoms with Crippen LogP contribution in [0.1, 0.15) is 0 Å². The zero-order valence-electron chi connectivity index (χ0n) is 11.8. The van der Waals surface area contributed by atoms with Gasteiger partial charge in [-0.05, 0) is 24.3 Å². The number of aromatic nitrogens is 1. The SMILES string of the molecule is Clc1ccc2c(NCCN3CC4(COC4)C3)ccnc2c1. The van der Waals surface area contributed by atoms with Crippen LogP contribution in [0.25, 0.3) is 10.9 Å². The molecule has 4 rings (SSSR count). The molecule has 1 spiro atoms. The highest BCUT2D eigenvalue weighted by Gasteiger charge is 2.48. The number of rotatable bonds is 4. The average molecular weight is 304 g/mol. The molecule has 2 saturated heterocycles. The van der Waals surface area contributed by atoms with Crippen LogP contribution in [0.5, 0.6) is 0 Å². The molecule has 0 saturated carbocycles. The lowest BCUT2D eigenvalue weighted by Crippen LogP contribution is -2.66. The minimum absolute atomic E-state index is 0.500. The van der Waals surface area contributed by atoms with Crippen LogP contribution in [0, 0.1) is 5.41 Å². The van der Waals surface area contributed by atoms with Gasteiger partial charge in [-0.15, -0.1) is 0 Å². The van der Waals surface area contributed by atoms with Crippen LogP contribution in [0.15, 0.2) is 30.5 Å². The number of ether oxygens (including phenoxy) is 1. The molecule has 0 unspecified atom stereocenters. The Morgan fingerprint density at radius 3 is 2.90 bits per heavy atom. The Hall–Kier alpha value is -1.36. The predicted molar refractivity (Wildman–Crippen MR) is 84.9 cm³/mol. The maximum absolute atomic E-state index is 6.01. The third-order valence-corrected chi connectivity index (χ3v) is 4.62. The van der Waals surface area contributed by atoms with Crippen molar-refractivity contribution in [1.82, 2.24) is 9.88 Å². The van der Waals surface area contributed by atoms with Crippen molar-refractivity contribution >= 4 is 28.2 Å². The quantitative estimate of drug-likeness (QED) is 0.942. The first kappa shape index (κ1) is 13.3. The lowest BCUT2D eigenvalue weighted by Gasteiger charge is -2.55. The molecule has 2 aliphatic heterocycles. The van der Waals surface area contributed by atoms with Gasteiger partial charge in [-0.1, -0.05) is 11.6 Å². The molecule has 4 nitrogen and oxygen atoms in total. The molecule has 0 atom stereocenters. The molecule has 0 bridgehead atoms. The van der Waals surface area contributed by atoms with Crippen LogP contribution in [-0.4, -0.2) is 49.3 Å². The molecule has 0 radical (unpaired) electrons. The standard InChI is InChI=1S/C16H18ClN3O/c17-12-1-2-13-14(3-4-18-15(13)7-12)19-5-6-20-8-16(9-20)10-21-11-16/h1-4,7H,5-6,8-11H2,(H,18,19). The fourth-order valence-corrected chi connectivity index (χ4v) is 3.42. The van der Waals surface area contributed by atoms with Crippen LogP contribution in [0.4, 0.5) is 5.69 Å². The Balaban J connectivity index is 1.37. The number of hydrogen-bond acceptors (Lipinski definition) is 4. The Morgan fingerprint density at radius 2 is 2.14 bits per heavy atom. The second-order valence-electron chi connectivity index (χ2n) is 6.15. The van der Waals surface area contributed by atoms with Crippen molar-refractivity contribution in [1.29, 1.82) is 0 Å². The van der Waals surface area contributed by atoms with Gasteiger partial charge in [0.25, 0.3) is 0 Å². The topological polar surface area (TPSA) is 37.4 Å². The first-order valence-corrected chi connectivity index (χ1v) is 7.70. The maximum Gasteiger partial charge on any atom is 0.0737 e. The highest BCUT2D eigenvalue weighted by Crippen LogP contribution is 2.37. The fraction of sp³-hybridized carbons (Fsp3) is 0.438. The maximum atomic E-state index is 6.01. The fourth-order valence-electron chi connectivity index (χ4n) is 3.26. The minimum Gasteiger partial charge on any atom is -0.383 e. The molecule has 5 heteroatoms. The number of halogens is 1. The van der Waals surface area contributed by atoms with Gasteiger partial charge in [0.1, 0.15) is 0 Å². The number of fused-ring (bicyclic) bond motifs is 1. The molecule has 2 fully saturated rings. The first-order valence-electron chi connectivity index (χ1n) is 7.32. The van der Waals surface area contributed by atoms with Crippen molar-refractivity contribution in [2.24, 2.45) is 5.41 Å². The van der Waals surface area contributed by atoms with Gasteiger partial charge >= 0.3 is 0 Å². The molecule has 0 amide bonds. The van der Waals surface area contributed by atoms with Crippen molar-refractivity contribution in [3.05, 3.63) is 35.5 Å². The van der Waals surface area contributed by atoms with Crippen LogP contribution < -0.4 is 5.32 Å². The van der Waals surface area contributed by atoms with Gasteiger partial charge in [0.15, 0.2) is 0 Å². The lowest BCUT2D eigenvalue weighted by molar-refractivity contribution is -0.187. The highest BCUT2D eigenvalue weighted by molar-refractivity contribution is 6.31. The van der Waals surface area contributed by atoms with E-state index in [9.17, 15) is 0 Å². The second kappa shape index (κ2) is 5.13. The molecule has 21 heavy (non-hydrogen) atoms. The zero-order chi connectivity index (χ0) is 14.3. The van der Waals surface area contributed by atoms with Crippen molar-refractivity contribution in [3.63, 3.8) is 0 Å². The number of likely N-dealkylation sites (tertiary alicyclic amines) is 1. The van der Waals surface area contributed by atoms with Gasteiger partial charge in [0, 0.05) is 53.9 Å². The van der Waals surface area contributed by atoms with Crippen LogP contribution >= 0.6 is 11.6 Å². The van der Waals surface area contributed by atoms with Crippen LogP contribution in [-0.2, 0) is 4.74 Å². The molecule has 1 aromatic heterocycles. The van der Waals surface area contributed by atoms with E-state index in [0.29, 0.717) is 5.41 Å². The van der Waals surface area contributed by atoms with Gasteiger partial charge in [0.2, 0.25) is 0 Å². The van der Waals surface area contributed by atoms with Crippen LogP contribution in [0.2, 0.25) is 5.02 Å². The number of nitrogens with one attached hydrogen (secondary N) is 1. The summed E-state index contributed by atoms with van der Waals surface area (Å²) in [7, 11) is 0. The highest BCUT2D eigenvalue weighted by atomic mass is 35.5. The summed E-state index contributed by atoms with van der Waals surface area (Å²) in [6, 6.07) is 7.86. The number of benzene rings is 1. The summed E-state index contributed by atoms with van der Waals surface area (Å²) < 4.78 is 5.30. The van der Waals surface area contributed by atoms with E-state index in [1.807, 2.05) is 30.5 Å². The zero-order valence-corrected chi connectivity index (χ0v) is 12.6. The van der Waals surface area contributed by atoms with Crippen molar-refractivity contribution < 1.29 is 4.74 Å². The molecular formula is C16H18ClN3O. The molecule has 0 aliphatic carbocycles. The van der Waals surface area contributed by atoms with Gasteiger partial charge in [-0.2, -0.15) is 0 Å². The Labute approximate surface area is 129 Å². The third kappa shape index (κ3) is 2.48. The number of pyridine rings is 1. The number of hydrogen-bond donors (Lipinski definition) is 1. The number of anilines is 1. The van der Waals surface area contributed by atoms with E-state index in [-0.39, 0.29) is 0 Å². The molecule has 1 N–H and O–H groups in total. The van der Waals surface area contributed by atoms with Crippen LogP contribution in [0.3, 0.4) is 0 Å². The molecular weight excluding hydrogens is 286 g/mol. The van der Waals surface area contributed by atoms with E-state index in [4.69, 9.17) is 16.3 Å². The summed E-state index contributed by atoms with van der Waals surface area (Å²) in [5.41, 5.74) is 2.56. The molecule has 1 aromatic carbocycles. The molecule has 110 valence electrons.